The minimum atomic E-state index is -5.08. The molecule has 140 valence electrons. The van der Waals surface area contributed by atoms with Crippen LogP contribution >= 0.6 is 0 Å². The molecule has 11 heteroatoms. The Bertz CT molecular complexity index is 575. The molecule has 1 amide bonds. The summed E-state index contributed by atoms with van der Waals surface area (Å²) in [5.41, 5.74) is 5.89. The van der Waals surface area contributed by atoms with Crippen molar-refractivity contribution in [2.24, 2.45) is 17.6 Å². The molecule has 0 unspecified atom stereocenters. The molecular weight excluding hydrogens is 347 g/mol. The highest BCUT2D eigenvalue weighted by Crippen LogP contribution is 2.42. The lowest BCUT2D eigenvalue weighted by atomic mass is 10.1. The first-order chi connectivity index (χ1) is 11.5. The number of carboxylic acids is 1. The van der Waals surface area contributed by atoms with E-state index in [9.17, 15) is 22.8 Å². The second kappa shape index (κ2) is 8.15. The molecule has 0 aromatic rings. The van der Waals surface area contributed by atoms with Gasteiger partial charge in [0.1, 0.15) is 6.04 Å². The van der Waals surface area contributed by atoms with Gasteiger partial charge in [-0.3, -0.25) is 9.59 Å². The zero-order chi connectivity index (χ0) is 19.4. The SMILES string of the molecule is COC(=O)[C@@H]1C[C@@H]1[C@@H](N)C(=O)N1CCC[C@H]1C#N.O=C(O)C(F)(F)F. The number of likely N-dealkylation sites (tertiary alicyclic amines) is 1. The van der Waals surface area contributed by atoms with Crippen LogP contribution in [0.1, 0.15) is 19.3 Å². The standard InChI is InChI=1S/C12H17N3O3.C2HF3O2/c1-18-12(17)9-5-8(9)10(14)11(16)15-4-2-3-7(15)6-13;3-2(4,5)1(6)7/h7-10H,2-5,14H2,1H3;(H,6,7)/t7-,8-,9+,10+;/m0./s1. The number of nitrogens with zero attached hydrogens (tertiary/aromatic N) is 2. The van der Waals surface area contributed by atoms with Crippen molar-refractivity contribution < 1.29 is 37.4 Å². The van der Waals surface area contributed by atoms with Crippen LogP contribution in [0.15, 0.2) is 0 Å². The van der Waals surface area contributed by atoms with Gasteiger partial charge < -0.3 is 20.5 Å². The predicted octanol–water partition coefficient (Wildman–Crippen LogP) is 0.271. The van der Waals surface area contributed by atoms with Crippen molar-refractivity contribution in [3.05, 3.63) is 0 Å². The van der Waals surface area contributed by atoms with Gasteiger partial charge in [-0.05, 0) is 25.2 Å². The molecule has 2 fully saturated rings. The summed E-state index contributed by atoms with van der Waals surface area (Å²) in [5.74, 6) is -3.66. The summed E-state index contributed by atoms with van der Waals surface area (Å²) in [6.07, 6.45) is -2.94. The topological polar surface area (TPSA) is 134 Å². The number of hydrogen-bond donors (Lipinski definition) is 2. The summed E-state index contributed by atoms with van der Waals surface area (Å²) in [5, 5.41) is 16.1. The van der Waals surface area contributed by atoms with E-state index < -0.39 is 18.2 Å². The molecule has 0 spiro atoms. The highest BCUT2D eigenvalue weighted by molar-refractivity contribution is 5.85. The summed E-state index contributed by atoms with van der Waals surface area (Å²) in [6, 6.07) is 1.06. The second-order valence-corrected chi connectivity index (χ2v) is 5.68. The number of rotatable bonds is 3. The summed E-state index contributed by atoms with van der Waals surface area (Å²) < 4.78 is 36.4. The van der Waals surface area contributed by atoms with E-state index in [0.717, 1.165) is 6.42 Å². The largest absolute Gasteiger partial charge is 0.490 e. The van der Waals surface area contributed by atoms with Crippen molar-refractivity contribution in [1.82, 2.24) is 4.90 Å². The van der Waals surface area contributed by atoms with Crippen LogP contribution in [-0.2, 0) is 19.1 Å². The van der Waals surface area contributed by atoms with E-state index in [1.165, 1.54) is 12.0 Å². The van der Waals surface area contributed by atoms with Crippen LogP contribution in [0.3, 0.4) is 0 Å². The zero-order valence-electron chi connectivity index (χ0n) is 13.3. The molecule has 2 rings (SSSR count). The van der Waals surface area contributed by atoms with E-state index in [-0.39, 0.29) is 29.8 Å². The van der Waals surface area contributed by atoms with Crippen molar-refractivity contribution in [1.29, 1.82) is 5.26 Å². The molecule has 4 atom stereocenters. The number of halogens is 3. The molecule has 0 aromatic carbocycles. The summed E-state index contributed by atoms with van der Waals surface area (Å²) >= 11 is 0. The Labute approximate surface area is 141 Å². The first kappa shape index (κ1) is 20.7. The fourth-order valence-electron chi connectivity index (χ4n) is 2.57. The number of amides is 1. The molecule has 1 aliphatic carbocycles. The zero-order valence-corrected chi connectivity index (χ0v) is 13.3. The van der Waals surface area contributed by atoms with Gasteiger partial charge in [-0.25, -0.2) is 4.79 Å². The fourth-order valence-corrected chi connectivity index (χ4v) is 2.57. The number of hydrogen-bond acceptors (Lipinski definition) is 6. The number of methoxy groups -OCH3 is 1. The molecular formula is C14H18F3N3O5. The maximum Gasteiger partial charge on any atom is 0.490 e. The highest BCUT2D eigenvalue weighted by Gasteiger charge is 2.51. The molecule has 3 N–H and O–H groups in total. The van der Waals surface area contributed by atoms with Crippen molar-refractivity contribution >= 4 is 17.8 Å². The summed E-state index contributed by atoms with van der Waals surface area (Å²) in [6.45, 7) is 0.584. The van der Waals surface area contributed by atoms with Crippen LogP contribution in [0.5, 0.6) is 0 Å². The number of carboxylic acid groups (broad SMARTS) is 1. The van der Waals surface area contributed by atoms with Gasteiger partial charge >= 0.3 is 18.1 Å². The van der Waals surface area contributed by atoms with E-state index in [1.807, 2.05) is 0 Å². The van der Waals surface area contributed by atoms with Crippen LogP contribution in [0.4, 0.5) is 13.2 Å². The number of aliphatic carboxylic acids is 1. The Morgan fingerprint density at radius 3 is 2.40 bits per heavy atom. The summed E-state index contributed by atoms with van der Waals surface area (Å²) in [4.78, 5) is 33.9. The number of carbonyl (C=O) groups is 3. The maximum absolute atomic E-state index is 12.2. The van der Waals surface area contributed by atoms with Crippen molar-refractivity contribution in [3.8, 4) is 6.07 Å². The molecule has 0 radical (unpaired) electrons. The number of nitriles is 1. The maximum atomic E-state index is 12.2. The smallest absolute Gasteiger partial charge is 0.475 e. The average molecular weight is 365 g/mol. The van der Waals surface area contributed by atoms with E-state index in [0.29, 0.717) is 19.4 Å². The quantitative estimate of drug-likeness (QED) is 0.686. The van der Waals surface area contributed by atoms with Crippen LogP contribution < -0.4 is 5.73 Å². The Kier molecular flexibility index (Phi) is 6.75. The normalized spacial score (nSPS) is 25.9. The third kappa shape index (κ3) is 5.32. The Morgan fingerprint density at radius 2 is 1.96 bits per heavy atom. The molecule has 1 aliphatic heterocycles. The molecule has 2 aliphatic rings. The van der Waals surface area contributed by atoms with Crippen LogP contribution in [0, 0.1) is 23.2 Å². The van der Waals surface area contributed by atoms with Crippen molar-refractivity contribution in [2.45, 2.75) is 37.5 Å². The monoisotopic (exact) mass is 365 g/mol. The predicted molar refractivity (Wildman–Crippen MR) is 75.6 cm³/mol. The minimum Gasteiger partial charge on any atom is -0.475 e. The van der Waals surface area contributed by atoms with Crippen LogP contribution in [-0.4, -0.2) is 59.8 Å². The number of ether oxygens (including phenoxy) is 1. The van der Waals surface area contributed by atoms with Gasteiger partial charge in [0.2, 0.25) is 5.91 Å². The lowest BCUT2D eigenvalue weighted by Crippen LogP contribution is -2.47. The van der Waals surface area contributed by atoms with Crippen molar-refractivity contribution in [2.75, 3.05) is 13.7 Å². The van der Waals surface area contributed by atoms with Gasteiger partial charge in [-0.2, -0.15) is 18.4 Å². The molecule has 0 bridgehead atoms. The average Bonchev–Trinajstić information content (AvgIpc) is 3.21. The Morgan fingerprint density at radius 1 is 1.40 bits per heavy atom. The van der Waals surface area contributed by atoms with Gasteiger partial charge in [-0.1, -0.05) is 0 Å². The van der Waals surface area contributed by atoms with Gasteiger partial charge in [0.25, 0.3) is 0 Å². The number of esters is 1. The Balaban J connectivity index is 0.000000381. The third-order valence-corrected chi connectivity index (χ3v) is 4.02. The fraction of sp³-hybridized carbons (Fsp3) is 0.714. The van der Waals surface area contributed by atoms with Gasteiger partial charge in [0.15, 0.2) is 0 Å². The third-order valence-electron chi connectivity index (χ3n) is 4.02. The molecule has 0 aromatic heterocycles. The molecule has 25 heavy (non-hydrogen) atoms. The minimum absolute atomic E-state index is 0.134. The Hall–Kier alpha value is -2.35. The van der Waals surface area contributed by atoms with Gasteiger partial charge in [0, 0.05) is 6.54 Å². The lowest BCUT2D eigenvalue weighted by Gasteiger charge is -2.23. The van der Waals surface area contributed by atoms with E-state index in [2.05, 4.69) is 10.8 Å². The number of nitrogens with two attached hydrogens (primary N) is 1. The number of alkyl halides is 3. The van der Waals surface area contributed by atoms with Crippen molar-refractivity contribution in [3.63, 3.8) is 0 Å². The molecule has 1 heterocycles. The van der Waals surface area contributed by atoms with E-state index in [1.54, 1.807) is 0 Å². The van der Waals surface area contributed by atoms with Crippen LogP contribution in [0.25, 0.3) is 0 Å². The molecule has 1 saturated heterocycles. The molecule has 8 nitrogen and oxygen atoms in total. The second-order valence-electron chi connectivity index (χ2n) is 5.68. The lowest BCUT2D eigenvalue weighted by molar-refractivity contribution is -0.192. The van der Waals surface area contributed by atoms with E-state index in [4.69, 9.17) is 20.9 Å². The first-order valence-corrected chi connectivity index (χ1v) is 7.38. The summed E-state index contributed by atoms with van der Waals surface area (Å²) in [7, 11) is 1.33. The molecule has 1 saturated carbocycles. The van der Waals surface area contributed by atoms with Gasteiger partial charge in [-0.15, -0.1) is 0 Å². The first-order valence-electron chi connectivity index (χ1n) is 7.38. The number of carbonyl (C=O) groups excluding carboxylic acids is 2. The van der Waals surface area contributed by atoms with E-state index >= 15 is 0 Å². The van der Waals surface area contributed by atoms with Crippen LogP contribution in [0.2, 0.25) is 0 Å². The van der Waals surface area contributed by atoms with Gasteiger partial charge in [0.05, 0.1) is 25.1 Å². The highest BCUT2D eigenvalue weighted by atomic mass is 19.4.